The number of nitrogens with zero attached hydrogens (tertiary/aromatic N) is 2. The van der Waals surface area contributed by atoms with Gasteiger partial charge >= 0.3 is 0 Å². The number of carbonyl (C=O) groups is 2. The standard InChI is InChI=1S/C21H24N2O5/c1-22(2)10-6-11-23-18(14-7-4-8-15(13-14)27-3)17(20(25)21(23)26)19(24)16-9-5-12-28-16/h4-5,7-9,12-13,18,25H,6,10-11H2,1-3H3/t18-/m0/s1. The van der Waals surface area contributed by atoms with Gasteiger partial charge in [-0.2, -0.15) is 0 Å². The fourth-order valence-corrected chi connectivity index (χ4v) is 3.37. The number of hydrogen-bond acceptors (Lipinski definition) is 6. The van der Waals surface area contributed by atoms with Gasteiger partial charge in [0.15, 0.2) is 11.5 Å². The van der Waals surface area contributed by atoms with Crippen LogP contribution in [0.1, 0.15) is 28.6 Å². The van der Waals surface area contributed by atoms with Crippen LogP contribution in [0, 0.1) is 0 Å². The summed E-state index contributed by atoms with van der Waals surface area (Å²) in [4.78, 5) is 29.3. The topological polar surface area (TPSA) is 83.2 Å². The molecule has 1 aromatic carbocycles. The predicted octanol–water partition coefficient (Wildman–Crippen LogP) is 2.82. The molecule has 0 saturated heterocycles. The van der Waals surface area contributed by atoms with Crippen molar-refractivity contribution in [2.45, 2.75) is 12.5 Å². The van der Waals surface area contributed by atoms with E-state index in [4.69, 9.17) is 9.15 Å². The van der Waals surface area contributed by atoms with Gasteiger partial charge < -0.3 is 24.1 Å². The highest BCUT2D eigenvalue weighted by Crippen LogP contribution is 2.39. The molecule has 0 spiro atoms. The van der Waals surface area contributed by atoms with Gasteiger partial charge in [0.2, 0.25) is 5.78 Å². The monoisotopic (exact) mass is 384 g/mol. The maximum atomic E-state index is 13.0. The van der Waals surface area contributed by atoms with E-state index in [1.807, 2.05) is 25.1 Å². The Balaban J connectivity index is 2.02. The second-order valence-electron chi connectivity index (χ2n) is 6.90. The summed E-state index contributed by atoms with van der Waals surface area (Å²) in [5.41, 5.74) is 0.717. The second kappa shape index (κ2) is 8.31. The Kier molecular flexibility index (Phi) is 5.84. The van der Waals surface area contributed by atoms with Crippen molar-refractivity contribution in [3.05, 3.63) is 65.3 Å². The largest absolute Gasteiger partial charge is 0.503 e. The van der Waals surface area contributed by atoms with Gasteiger partial charge in [-0.15, -0.1) is 0 Å². The Hall–Kier alpha value is -3.06. The minimum atomic E-state index is -0.706. The normalized spacial score (nSPS) is 16.9. The van der Waals surface area contributed by atoms with Crippen molar-refractivity contribution >= 4 is 11.7 Å². The Labute approximate surface area is 163 Å². The molecular weight excluding hydrogens is 360 g/mol. The highest BCUT2D eigenvalue weighted by atomic mass is 16.5. The summed E-state index contributed by atoms with van der Waals surface area (Å²) < 4.78 is 10.5. The summed E-state index contributed by atoms with van der Waals surface area (Å²) in [7, 11) is 5.45. The van der Waals surface area contributed by atoms with E-state index in [1.165, 1.54) is 17.2 Å². The zero-order chi connectivity index (χ0) is 20.3. The molecule has 3 rings (SSSR count). The summed E-state index contributed by atoms with van der Waals surface area (Å²) in [6.07, 6.45) is 2.09. The van der Waals surface area contributed by atoms with Gasteiger partial charge in [0, 0.05) is 6.54 Å². The van der Waals surface area contributed by atoms with Crippen LogP contribution in [0.3, 0.4) is 0 Å². The molecule has 1 amide bonds. The van der Waals surface area contributed by atoms with E-state index < -0.39 is 23.5 Å². The minimum Gasteiger partial charge on any atom is -0.503 e. The number of rotatable bonds is 8. The average molecular weight is 384 g/mol. The number of carbonyl (C=O) groups excluding carboxylic acids is 2. The zero-order valence-electron chi connectivity index (χ0n) is 16.2. The van der Waals surface area contributed by atoms with Gasteiger partial charge in [0.1, 0.15) is 5.75 Å². The van der Waals surface area contributed by atoms with Crippen molar-refractivity contribution in [3.8, 4) is 5.75 Å². The highest BCUT2D eigenvalue weighted by Gasteiger charge is 2.44. The van der Waals surface area contributed by atoms with Crippen LogP contribution in [0.5, 0.6) is 5.75 Å². The van der Waals surface area contributed by atoms with E-state index in [-0.39, 0.29) is 11.3 Å². The molecule has 1 aromatic heterocycles. The maximum absolute atomic E-state index is 13.0. The summed E-state index contributed by atoms with van der Waals surface area (Å²) in [6, 6.07) is 9.57. The smallest absolute Gasteiger partial charge is 0.290 e. The zero-order valence-corrected chi connectivity index (χ0v) is 16.2. The molecule has 2 heterocycles. The lowest BCUT2D eigenvalue weighted by molar-refractivity contribution is -0.129. The second-order valence-corrected chi connectivity index (χ2v) is 6.90. The molecule has 1 aliphatic rings. The predicted molar refractivity (Wildman–Crippen MR) is 103 cm³/mol. The Bertz CT molecular complexity index is 886. The number of hydrogen-bond donors (Lipinski definition) is 1. The van der Waals surface area contributed by atoms with Crippen molar-refractivity contribution in [1.29, 1.82) is 0 Å². The molecule has 0 aliphatic carbocycles. The summed E-state index contributed by atoms with van der Waals surface area (Å²) in [5, 5.41) is 10.5. The fraction of sp³-hybridized carbons (Fsp3) is 0.333. The molecule has 0 saturated carbocycles. The van der Waals surface area contributed by atoms with Crippen LogP contribution in [0.2, 0.25) is 0 Å². The Morgan fingerprint density at radius 2 is 2.07 bits per heavy atom. The number of Topliss-reactive ketones (excluding diaryl/α,β-unsaturated/α-hetero) is 1. The van der Waals surface area contributed by atoms with Gasteiger partial charge in [-0.1, -0.05) is 12.1 Å². The maximum Gasteiger partial charge on any atom is 0.290 e. The van der Waals surface area contributed by atoms with Crippen molar-refractivity contribution in [2.24, 2.45) is 0 Å². The van der Waals surface area contributed by atoms with Crippen molar-refractivity contribution in [3.63, 3.8) is 0 Å². The molecule has 7 heteroatoms. The molecule has 1 aliphatic heterocycles. The molecule has 0 radical (unpaired) electrons. The molecule has 1 atom stereocenters. The lowest BCUT2D eigenvalue weighted by Gasteiger charge is -2.27. The molecule has 0 fully saturated rings. The van der Waals surface area contributed by atoms with Crippen molar-refractivity contribution in [2.75, 3.05) is 34.3 Å². The number of aliphatic hydroxyl groups is 1. The Morgan fingerprint density at radius 3 is 2.71 bits per heavy atom. The van der Waals surface area contributed by atoms with Crippen LogP contribution in [0.4, 0.5) is 0 Å². The van der Waals surface area contributed by atoms with Crippen LogP contribution in [0.15, 0.2) is 58.4 Å². The van der Waals surface area contributed by atoms with E-state index >= 15 is 0 Å². The summed E-state index contributed by atoms with van der Waals surface area (Å²) >= 11 is 0. The first-order valence-corrected chi connectivity index (χ1v) is 9.05. The third-order valence-electron chi connectivity index (χ3n) is 4.71. The first kappa shape index (κ1) is 19.7. The van der Waals surface area contributed by atoms with Gasteiger partial charge in [-0.05, 0) is 56.9 Å². The quantitative estimate of drug-likeness (QED) is 0.705. The van der Waals surface area contributed by atoms with E-state index in [0.29, 0.717) is 24.3 Å². The first-order chi connectivity index (χ1) is 13.4. The van der Waals surface area contributed by atoms with Crippen LogP contribution < -0.4 is 4.74 Å². The minimum absolute atomic E-state index is 0.0260. The first-order valence-electron chi connectivity index (χ1n) is 9.05. The van der Waals surface area contributed by atoms with E-state index in [9.17, 15) is 14.7 Å². The fourth-order valence-electron chi connectivity index (χ4n) is 3.37. The lowest BCUT2D eigenvalue weighted by atomic mass is 9.95. The highest BCUT2D eigenvalue weighted by molar-refractivity contribution is 6.15. The molecule has 0 bridgehead atoms. The number of aliphatic hydroxyl groups excluding tert-OH is 1. The summed E-state index contributed by atoms with van der Waals surface area (Å²) in [6.45, 7) is 1.18. The molecule has 0 unspecified atom stereocenters. The molecule has 148 valence electrons. The molecule has 2 aromatic rings. The van der Waals surface area contributed by atoms with Gasteiger partial charge in [0.05, 0.1) is 25.0 Å². The average Bonchev–Trinajstić information content (AvgIpc) is 3.30. The number of furan rings is 1. The van der Waals surface area contributed by atoms with Gasteiger partial charge in [0.25, 0.3) is 5.91 Å². The van der Waals surface area contributed by atoms with E-state index in [0.717, 1.165) is 6.54 Å². The Morgan fingerprint density at radius 1 is 1.29 bits per heavy atom. The van der Waals surface area contributed by atoms with Crippen LogP contribution in [-0.4, -0.2) is 60.9 Å². The summed E-state index contributed by atoms with van der Waals surface area (Å²) in [5.74, 6) is -0.897. The number of ether oxygens (including phenoxy) is 1. The number of ketones is 1. The van der Waals surface area contributed by atoms with Gasteiger partial charge in [-0.25, -0.2) is 0 Å². The van der Waals surface area contributed by atoms with Crippen LogP contribution in [0.25, 0.3) is 0 Å². The van der Waals surface area contributed by atoms with Crippen LogP contribution in [-0.2, 0) is 4.79 Å². The number of benzene rings is 1. The van der Waals surface area contributed by atoms with E-state index in [2.05, 4.69) is 0 Å². The molecular formula is C21H24N2O5. The SMILES string of the molecule is COc1cccc([C@H]2C(C(=O)c3ccco3)=C(O)C(=O)N2CCCN(C)C)c1. The van der Waals surface area contributed by atoms with Crippen molar-refractivity contribution < 1.29 is 23.8 Å². The van der Waals surface area contributed by atoms with Crippen molar-refractivity contribution in [1.82, 2.24) is 9.80 Å². The van der Waals surface area contributed by atoms with E-state index in [1.54, 1.807) is 31.4 Å². The number of methoxy groups -OCH3 is 1. The van der Waals surface area contributed by atoms with Crippen LogP contribution >= 0.6 is 0 Å². The molecule has 28 heavy (non-hydrogen) atoms. The third-order valence-corrected chi connectivity index (χ3v) is 4.71. The number of amides is 1. The molecule has 7 nitrogen and oxygen atoms in total. The third kappa shape index (κ3) is 3.80. The van der Waals surface area contributed by atoms with Gasteiger partial charge in [-0.3, -0.25) is 9.59 Å². The molecule has 1 N–H and O–H groups in total. The lowest BCUT2D eigenvalue weighted by Crippen LogP contribution is -2.33.